The molecule has 1 aromatic carbocycles. The zero-order valence-corrected chi connectivity index (χ0v) is 14.8. The average Bonchev–Trinajstić information content (AvgIpc) is 3.27. The predicted molar refractivity (Wildman–Crippen MR) is 88.3 cm³/mol. The van der Waals surface area contributed by atoms with Gasteiger partial charge in [-0.2, -0.15) is 18.2 Å². The lowest BCUT2D eigenvalue weighted by molar-refractivity contribution is -0.159. The number of primary amides is 1. The number of fused-ring (bicyclic) bond motifs is 1. The Bertz CT molecular complexity index is 961. The van der Waals surface area contributed by atoms with Crippen LogP contribution in [0.15, 0.2) is 22.7 Å². The van der Waals surface area contributed by atoms with Crippen LogP contribution in [0, 0.1) is 0 Å². The standard InChI is InChI=1S/C17H15F3N4O5/c18-17(19,20)15-22-13(23-29-15)8-1-2-9-6-24(14(25)10(9)5-8)11-3-4-27-7-12(11)28-16(21)26/h1-2,5,11-12H,3-4,6-7H2,(H2,21,26)/t11-,12-/m1/s1. The highest BCUT2D eigenvalue weighted by Gasteiger charge is 2.41. The van der Waals surface area contributed by atoms with E-state index in [9.17, 15) is 22.8 Å². The first-order valence-corrected chi connectivity index (χ1v) is 8.63. The van der Waals surface area contributed by atoms with Crippen molar-refractivity contribution >= 4 is 12.0 Å². The van der Waals surface area contributed by atoms with E-state index in [2.05, 4.69) is 14.7 Å². The molecule has 0 radical (unpaired) electrons. The van der Waals surface area contributed by atoms with Crippen LogP contribution in [0.3, 0.4) is 0 Å². The van der Waals surface area contributed by atoms with E-state index in [0.717, 1.165) is 0 Å². The predicted octanol–water partition coefficient (Wildman–Crippen LogP) is 1.96. The fraction of sp³-hybridized carbons (Fsp3) is 0.412. The second kappa shape index (κ2) is 7.03. The molecule has 9 nitrogen and oxygen atoms in total. The van der Waals surface area contributed by atoms with Gasteiger partial charge in [-0.15, -0.1) is 0 Å². The van der Waals surface area contributed by atoms with E-state index >= 15 is 0 Å². The van der Waals surface area contributed by atoms with Gasteiger partial charge in [0.1, 0.15) is 6.10 Å². The summed E-state index contributed by atoms with van der Waals surface area (Å²) in [5.74, 6) is -2.08. The fourth-order valence-corrected chi connectivity index (χ4v) is 3.51. The van der Waals surface area contributed by atoms with Gasteiger partial charge in [0.15, 0.2) is 0 Å². The lowest BCUT2D eigenvalue weighted by Gasteiger charge is -2.36. The monoisotopic (exact) mass is 412 g/mol. The summed E-state index contributed by atoms with van der Waals surface area (Å²) < 4.78 is 52.6. The summed E-state index contributed by atoms with van der Waals surface area (Å²) >= 11 is 0. The number of carbonyl (C=O) groups excluding carboxylic acids is 2. The van der Waals surface area contributed by atoms with Crippen molar-refractivity contribution in [3.63, 3.8) is 0 Å². The van der Waals surface area contributed by atoms with Crippen molar-refractivity contribution in [3.8, 4) is 11.4 Å². The summed E-state index contributed by atoms with van der Waals surface area (Å²) in [4.78, 5) is 29.0. The Labute approximate surface area is 161 Å². The van der Waals surface area contributed by atoms with E-state index in [-0.39, 0.29) is 30.4 Å². The molecule has 3 heterocycles. The number of rotatable bonds is 3. The third kappa shape index (κ3) is 3.62. The number of alkyl halides is 3. The summed E-state index contributed by atoms with van der Waals surface area (Å²) in [7, 11) is 0. The second-order valence-electron chi connectivity index (χ2n) is 6.63. The van der Waals surface area contributed by atoms with Gasteiger partial charge in [-0.1, -0.05) is 17.3 Å². The molecular weight excluding hydrogens is 397 g/mol. The Balaban J connectivity index is 1.59. The Kier molecular flexibility index (Phi) is 4.65. The Morgan fingerprint density at radius 1 is 1.34 bits per heavy atom. The maximum absolute atomic E-state index is 12.9. The third-order valence-corrected chi connectivity index (χ3v) is 4.81. The van der Waals surface area contributed by atoms with Crippen LogP contribution in [0.5, 0.6) is 0 Å². The first-order valence-electron chi connectivity index (χ1n) is 8.63. The Hall–Kier alpha value is -3.15. The van der Waals surface area contributed by atoms with Crippen LogP contribution < -0.4 is 5.73 Å². The maximum Gasteiger partial charge on any atom is 0.471 e. The van der Waals surface area contributed by atoms with Crippen LogP contribution >= 0.6 is 0 Å². The van der Waals surface area contributed by atoms with Crippen LogP contribution in [0.2, 0.25) is 0 Å². The molecule has 0 spiro atoms. The zero-order valence-electron chi connectivity index (χ0n) is 14.8. The van der Waals surface area contributed by atoms with Gasteiger partial charge in [-0.25, -0.2) is 4.79 Å². The summed E-state index contributed by atoms with van der Waals surface area (Å²) in [5.41, 5.74) is 6.31. The van der Waals surface area contributed by atoms with E-state index in [1.807, 2.05) is 0 Å². The van der Waals surface area contributed by atoms with Gasteiger partial charge in [0.05, 0.1) is 12.6 Å². The van der Waals surface area contributed by atoms with Crippen molar-refractivity contribution in [2.24, 2.45) is 5.73 Å². The van der Waals surface area contributed by atoms with Gasteiger partial charge in [-0.05, 0) is 18.1 Å². The molecule has 1 aromatic heterocycles. The van der Waals surface area contributed by atoms with E-state index in [1.54, 1.807) is 11.0 Å². The Morgan fingerprint density at radius 2 is 2.14 bits per heavy atom. The average molecular weight is 412 g/mol. The molecule has 12 heteroatoms. The molecule has 0 saturated carbocycles. The number of hydrogen-bond acceptors (Lipinski definition) is 7. The summed E-state index contributed by atoms with van der Waals surface area (Å²) in [6.07, 6.45) is -5.97. The molecule has 0 bridgehead atoms. The molecule has 4 rings (SSSR count). The highest BCUT2D eigenvalue weighted by atomic mass is 19.4. The molecule has 2 aromatic rings. The highest BCUT2D eigenvalue weighted by molar-refractivity contribution is 5.99. The van der Waals surface area contributed by atoms with Gasteiger partial charge in [0.25, 0.3) is 5.91 Å². The highest BCUT2D eigenvalue weighted by Crippen LogP contribution is 2.33. The smallest absolute Gasteiger partial charge is 0.442 e. The molecule has 0 aliphatic carbocycles. The van der Waals surface area contributed by atoms with Crippen LogP contribution in [0.1, 0.15) is 28.2 Å². The van der Waals surface area contributed by atoms with Gasteiger partial charge < -0.3 is 24.6 Å². The van der Waals surface area contributed by atoms with Crippen molar-refractivity contribution in [1.29, 1.82) is 0 Å². The molecule has 2 aliphatic rings. The minimum atomic E-state index is -4.76. The SMILES string of the molecule is NC(=O)O[C@@H]1COCC[C@H]1N1Cc2ccc(-c3noc(C(F)(F)F)n3)cc2C1=O. The lowest BCUT2D eigenvalue weighted by Crippen LogP contribution is -2.51. The molecule has 2 N–H and O–H groups in total. The molecule has 154 valence electrons. The first kappa shape index (κ1) is 19.2. The molecule has 0 unspecified atom stereocenters. The molecule has 1 saturated heterocycles. The summed E-state index contributed by atoms with van der Waals surface area (Å²) in [6, 6.07) is 4.13. The number of nitrogens with two attached hydrogens (primary N) is 1. The van der Waals surface area contributed by atoms with Gasteiger partial charge in [0, 0.05) is 24.3 Å². The van der Waals surface area contributed by atoms with Crippen LogP contribution in [0.25, 0.3) is 11.4 Å². The van der Waals surface area contributed by atoms with Crippen LogP contribution in [-0.4, -0.2) is 52.4 Å². The summed E-state index contributed by atoms with van der Waals surface area (Å²) in [5, 5.41) is 3.34. The normalized spacial score (nSPS) is 21.9. The summed E-state index contributed by atoms with van der Waals surface area (Å²) in [6.45, 7) is 0.761. The topological polar surface area (TPSA) is 121 Å². The molecule has 1 fully saturated rings. The molecule has 2 aliphatic heterocycles. The zero-order chi connectivity index (χ0) is 20.8. The van der Waals surface area contributed by atoms with E-state index in [0.29, 0.717) is 24.2 Å². The van der Waals surface area contributed by atoms with Gasteiger partial charge in [-0.3, -0.25) is 4.79 Å². The number of benzene rings is 1. The molecule has 2 amide bonds. The third-order valence-electron chi connectivity index (χ3n) is 4.81. The number of aromatic nitrogens is 2. The van der Waals surface area contributed by atoms with Crippen molar-refractivity contribution in [2.45, 2.75) is 31.3 Å². The minimum Gasteiger partial charge on any atom is -0.442 e. The van der Waals surface area contributed by atoms with Crippen molar-refractivity contribution in [1.82, 2.24) is 15.0 Å². The van der Waals surface area contributed by atoms with Crippen LogP contribution in [0.4, 0.5) is 18.0 Å². The number of amides is 2. The number of nitrogens with zero attached hydrogens (tertiary/aromatic N) is 3. The van der Waals surface area contributed by atoms with E-state index < -0.39 is 30.3 Å². The van der Waals surface area contributed by atoms with Crippen molar-refractivity contribution in [3.05, 3.63) is 35.2 Å². The molecule has 29 heavy (non-hydrogen) atoms. The first-order chi connectivity index (χ1) is 13.7. The van der Waals surface area contributed by atoms with Gasteiger partial charge in [0.2, 0.25) is 5.82 Å². The van der Waals surface area contributed by atoms with Crippen LogP contribution in [-0.2, 0) is 22.2 Å². The van der Waals surface area contributed by atoms with Crippen molar-refractivity contribution in [2.75, 3.05) is 13.2 Å². The second-order valence-corrected chi connectivity index (χ2v) is 6.63. The van der Waals surface area contributed by atoms with Gasteiger partial charge >= 0.3 is 18.2 Å². The van der Waals surface area contributed by atoms with E-state index in [4.69, 9.17) is 15.2 Å². The largest absolute Gasteiger partial charge is 0.471 e. The molecule has 2 atom stereocenters. The quantitative estimate of drug-likeness (QED) is 0.818. The maximum atomic E-state index is 12.9. The van der Waals surface area contributed by atoms with Crippen molar-refractivity contribution < 1.29 is 36.8 Å². The number of hydrogen-bond donors (Lipinski definition) is 1. The minimum absolute atomic E-state index is 0.113. The lowest BCUT2D eigenvalue weighted by atomic mass is 10.0. The number of ether oxygens (including phenoxy) is 2. The van der Waals surface area contributed by atoms with E-state index in [1.165, 1.54) is 12.1 Å². The number of halogens is 3. The number of carbonyl (C=O) groups is 2. The molecular formula is C17H15F3N4O5. The Morgan fingerprint density at radius 3 is 2.83 bits per heavy atom. The fourth-order valence-electron chi connectivity index (χ4n) is 3.51.